The fraction of sp³-hybridized carbons (Fsp3) is 0.647. The molecule has 0 spiro atoms. The zero-order valence-corrected chi connectivity index (χ0v) is 14.0. The van der Waals surface area contributed by atoms with Crippen molar-refractivity contribution >= 4 is 5.91 Å². The van der Waals surface area contributed by atoms with Crippen LogP contribution in [-0.4, -0.2) is 68.4 Å². The average molecular weight is 321 g/mol. The number of likely N-dealkylation sites (N-methyl/N-ethyl adjacent to an activating group) is 1. The molecule has 2 rings (SSSR count). The van der Waals surface area contributed by atoms with Crippen molar-refractivity contribution in [1.82, 2.24) is 15.2 Å². The predicted molar refractivity (Wildman–Crippen MR) is 88.2 cm³/mol. The van der Waals surface area contributed by atoms with E-state index in [0.717, 1.165) is 18.5 Å². The second kappa shape index (κ2) is 9.60. The third-order valence-electron chi connectivity index (χ3n) is 3.90. The molecule has 6 heteroatoms. The quantitative estimate of drug-likeness (QED) is 0.770. The number of hydrogen-bond donors (Lipinski definition) is 1. The van der Waals surface area contributed by atoms with Gasteiger partial charge in [0.05, 0.1) is 25.4 Å². The Balaban J connectivity index is 1.75. The highest BCUT2D eigenvalue weighted by Gasteiger charge is 2.27. The van der Waals surface area contributed by atoms with Crippen LogP contribution >= 0.6 is 0 Å². The van der Waals surface area contributed by atoms with E-state index in [1.807, 2.05) is 26.2 Å². The molecule has 0 saturated carbocycles. The minimum Gasteiger partial charge on any atom is -0.379 e. The fourth-order valence-corrected chi connectivity index (χ4v) is 2.53. The first-order chi connectivity index (χ1) is 11.1. The van der Waals surface area contributed by atoms with Crippen molar-refractivity contribution in [2.24, 2.45) is 0 Å². The van der Waals surface area contributed by atoms with Gasteiger partial charge in [-0.15, -0.1) is 0 Å². The van der Waals surface area contributed by atoms with E-state index in [9.17, 15) is 4.79 Å². The van der Waals surface area contributed by atoms with Crippen molar-refractivity contribution in [2.75, 3.05) is 40.5 Å². The van der Waals surface area contributed by atoms with Crippen molar-refractivity contribution in [1.29, 1.82) is 0 Å². The van der Waals surface area contributed by atoms with Gasteiger partial charge in [-0.1, -0.05) is 0 Å². The molecule has 0 unspecified atom stereocenters. The third kappa shape index (κ3) is 6.64. The number of nitrogens with one attached hydrogen (secondary N) is 1. The molecule has 1 saturated heterocycles. The maximum Gasteiger partial charge on any atom is 0.220 e. The molecule has 0 bridgehead atoms. The summed E-state index contributed by atoms with van der Waals surface area (Å²) in [7, 11) is 4.04. The molecule has 23 heavy (non-hydrogen) atoms. The molecule has 0 aliphatic carbocycles. The number of carbonyl (C=O) groups is 1. The second-order valence-electron chi connectivity index (χ2n) is 6.11. The molecule has 1 aliphatic rings. The van der Waals surface area contributed by atoms with E-state index in [2.05, 4.69) is 15.2 Å². The van der Waals surface area contributed by atoms with Crippen LogP contribution < -0.4 is 5.32 Å². The van der Waals surface area contributed by atoms with Crippen LogP contribution in [-0.2, 0) is 20.7 Å². The SMILES string of the molecule is CN(C)CCO[C@@H]1CCOC[C@@H]1NC(=O)CCc1ccncc1. The van der Waals surface area contributed by atoms with Gasteiger partial charge in [-0.25, -0.2) is 0 Å². The molecule has 128 valence electrons. The van der Waals surface area contributed by atoms with Gasteiger partial charge in [-0.05, 0) is 44.6 Å². The summed E-state index contributed by atoms with van der Waals surface area (Å²) in [6.07, 6.45) is 5.53. The summed E-state index contributed by atoms with van der Waals surface area (Å²) in [4.78, 5) is 18.2. The van der Waals surface area contributed by atoms with Gasteiger partial charge in [0.15, 0.2) is 0 Å². The van der Waals surface area contributed by atoms with E-state index in [1.165, 1.54) is 0 Å². The van der Waals surface area contributed by atoms with Crippen LogP contribution in [0.3, 0.4) is 0 Å². The number of amides is 1. The second-order valence-corrected chi connectivity index (χ2v) is 6.11. The van der Waals surface area contributed by atoms with Crippen molar-refractivity contribution < 1.29 is 14.3 Å². The van der Waals surface area contributed by atoms with Crippen LogP contribution in [0.4, 0.5) is 0 Å². The van der Waals surface area contributed by atoms with Crippen LogP contribution in [0.25, 0.3) is 0 Å². The molecule has 2 atom stereocenters. The Morgan fingerprint density at radius 1 is 1.43 bits per heavy atom. The molecule has 1 N–H and O–H groups in total. The van der Waals surface area contributed by atoms with Crippen LogP contribution in [0.1, 0.15) is 18.4 Å². The van der Waals surface area contributed by atoms with E-state index in [0.29, 0.717) is 32.7 Å². The summed E-state index contributed by atoms with van der Waals surface area (Å²) in [6.45, 7) is 2.75. The number of ether oxygens (including phenoxy) is 2. The molecule has 1 aliphatic heterocycles. The van der Waals surface area contributed by atoms with Crippen molar-refractivity contribution in [3.8, 4) is 0 Å². The molecule has 0 radical (unpaired) electrons. The number of pyridine rings is 1. The van der Waals surface area contributed by atoms with Crippen LogP contribution in [0, 0.1) is 0 Å². The molecule has 1 fully saturated rings. The standard InChI is InChI=1S/C17H27N3O3/c1-20(2)10-12-23-16-7-11-22-13-15(16)19-17(21)4-3-14-5-8-18-9-6-14/h5-6,8-9,15-16H,3-4,7,10-13H2,1-2H3,(H,19,21)/t15-,16+/m0/s1. The van der Waals surface area contributed by atoms with Gasteiger partial charge >= 0.3 is 0 Å². The zero-order valence-electron chi connectivity index (χ0n) is 14.0. The first-order valence-electron chi connectivity index (χ1n) is 8.17. The number of nitrogens with zero attached hydrogens (tertiary/aromatic N) is 2. The lowest BCUT2D eigenvalue weighted by molar-refractivity contribution is -0.126. The molecule has 1 amide bonds. The first-order valence-corrected chi connectivity index (χ1v) is 8.17. The van der Waals surface area contributed by atoms with Gasteiger partial charge < -0.3 is 19.7 Å². The molecule has 6 nitrogen and oxygen atoms in total. The number of aromatic nitrogens is 1. The minimum absolute atomic E-state index is 0.0357. The zero-order chi connectivity index (χ0) is 16.5. The summed E-state index contributed by atoms with van der Waals surface area (Å²) in [5.41, 5.74) is 1.12. The van der Waals surface area contributed by atoms with E-state index in [4.69, 9.17) is 9.47 Å². The molecule has 0 aromatic carbocycles. The lowest BCUT2D eigenvalue weighted by Crippen LogP contribution is -2.51. The third-order valence-corrected chi connectivity index (χ3v) is 3.90. The molecule has 1 aromatic heterocycles. The van der Waals surface area contributed by atoms with E-state index in [1.54, 1.807) is 12.4 Å². The van der Waals surface area contributed by atoms with Crippen molar-refractivity contribution in [2.45, 2.75) is 31.4 Å². The smallest absolute Gasteiger partial charge is 0.220 e. The van der Waals surface area contributed by atoms with Crippen LogP contribution in [0.5, 0.6) is 0 Å². The number of rotatable bonds is 8. The summed E-state index contributed by atoms with van der Waals surface area (Å²) in [5.74, 6) is 0.0403. The topological polar surface area (TPSA) is 63.7 Å². The Morgan fingerprint density at radius 3 is 2.96 bits per heavy atom. The molecule has 1 aromatic rings. The van der Waals surface area contributed by atoms with Gasteiger partial charge in [0, 0.05) is 32.0 Å². The van der Waals surface area contributed by atoms with E-state index < -0.39 is 0 Å². The monoisotopic (exact) mass is 321 g/mol. The maximum absolute atomic E-state index is 12.2. The van der Waals surface area contributed by atoms with Crippen molar-refractivity contribution in [3.63, 3.8) is 0 Å². The molecular formula is C17H27N3O3. The summed E-state index contributed by atoms with van der Waals surface area (Å²) in [5, 5.41) is 3.06. The fourth-order valence-electron chi connectivity index (χ4n) is 2.53. The summed E-state index contributed by atoms with van der Waals surface area (Å²) >= 11 is 0. The highest BCUT2D eigenvalue weighted by atomic mass is 16.5. The van der Waals surface area contributed by atoms with Gasteiger partial charge in [0.2, 0.25) is 5.91 Å². The number of aryl methyl sites for hydroxylation is 1. The largest absolute Gasteiger partial charge is 0.379 e. The highest BCUT2D eigenvalue weighted by molar-refractivity contribution is 5.76. The van der Waals surface area contributed by atoms with E-state index >= 15 is 0 Å². The van der Waals surface area contributed by atoms with Crippen molar-refractivity contribution in [3.05, 3.63) is 30.1 Å². The predicted octanol–water partition coefficient (Wildman–Crippen LogP) is 0.866. The molecular weight excluding hydrogens is 294 g/mol. The van der Waals surface area contributed by atoms with Crippen LogP contribution in [0.2, 0.25) is 0 Å². The number of carbonyl (C=O) groups excluding carboxylic acids is 1. The van der Waals surface area contributed by atoms with Gasteiger partial charge in [-0.3, -0.25) is 9.78 Å². The summed E-state index contributed by atoms with van der Waals surface area (Å²) in [6, 6.07) is 3.81. The van der Waals surface area contributed by atoms with E-state index in [-0.39, 0.29) is 18.1 Å². The first kappa shape index (κ1) is 17.8. The highest BCUT2D eigenvalue weighted by Crippen LogP contribution is 2.12. The van der Waals surface area contributed by atoms with Gasteiger partial charge in [0.1, 0.15) is 0 Å². The Labute approximate surface area is 138 Å². The minimum atomic E-state index is -0.0594. The normalized spacial score (nSPS) is 21.3. The Morgan fingerprint density at radius 2 is 2.22 bits per heavy atom. The summed E-state index contributed by atoms with van der Waals surface area (Å²) < 4.78 is 11.4. The Kier molecular flexibility index (Phi) is 7.45. The maximum atomic E-state index is 12.2. The van der Waals surface area contributed by atoms with Crippen LogP contribution in [0.15, 0.2) is 24.5 Å². The van der Waals surface area contributed by atoms with Gasteiger partial charge in [-0.2, -0.15) is 0 Å². The lowest BCUT2D eigenvalue weighted by atomic mass is 10.1. The number of hydrogen-bond acceptors (Lipinski definition) is 5. The Bertz CT molecular complexity index is 467. The molecule has 2 heterocycles. The lowest BCUT2D eigenvalue weighted by Gasteiger charge is -2.32. The van der Waals surface area contributed by atoms with Gasteiger partial charge in [0.25, 0.3) is 0 Å². The average Bonchev–Trinajstić information content (AvgIpc) is 2.55. The Hall–Kier alpha value is -1.50.